The van der Waals surface area contributed by atoms with Gasteiger partial charge in [-0.05, 0) is 32.0 Å². The maximum atomic E-state index is 12.9. The van der Waals surface area contributed by atoms with Crippen molar-refractivity contribution in [3.63, 3.8) is 0 Å². The Balaban J connectivity index is 1.44. The van der Waals surface area contributed by atoms with E-state index < -0.39 is 0 Å². The van der Waals surface area contributed by atoms with Crippen LogP contribution >= 0.6 is 11.6 Å². The second-order valence-electron chi connectivity index (χ2n) is 6.70. The van der Waals surface area contributed by atoms with Crippen LogP contribution in [0.5, 0.6) is 0 Å². The minimum absolute atomic E-state index is 0.0648. The van der Waals surface area contributed by atoms with Gasteiger partial charge in [0.1, 0.15) is 5.58 Å². The van der Waals surface area contributed by atoms with Gasteiger partial charge in [0.2, 0.25) is 0 Å². The van der Waals surface area contributed by atoms with E-state index in [1.165, 1.54) is 0 Å². The van der Waals surface area contributed by atoms with Crippen molar-refractivity contribution in [2.75, 3.05) is 26.2 Å². The fourth-order valence-corrected chi connectivity index (χ4v) is 3.53. The Hall–Kier alpha value is -2.31. The van der Waals surface area contributed by atoms with Crippen molar-refractivity contribution in [1.29, 1.82) is 0 Å². The highest BCUT2D eigenvalue weighted by Crippen LogP contribution is 2.29. The van der Waals surface area contributed by atoms with Crippen molar-refractivity contribution in [3.8, 4) is 0 Å². The van der Waals surface area contributed by atoms with Crippen LogP contribution in [0.3, 0.4) is 0 Å². The molecule has 1 aromatic carbocycles. The van der Waals surface area contributed by atoms with Crippen LogP contribution in [-0.4, -0.2) is 47.0 Å². The van der Waals surface area contributed by atoms with E-state index >= 15 is 0 Å². The Morgan fingerprint density at radius 3 is 2.65 bits per heavy atom. The predicted molar refractivity (Wildman–Crippen MR) is 98.4 cm³/mol. The quantitative estimate of drug-likeness (QED) is 0.701. The summed E-state index contributed by atoms with van der Waals surface area (Å²) in [6.45, 7) is 7.41. The molecule has 1 saturated heterocycles. The van der Waals surface area contributed by atoms with Gasteiger partial charge in [-0.2, -0.15) is 0 Å². The smallest absolute Gasteiger partial charge is 0.289 e. The number of nitrogens with zero attached hydrogens (tertiary/aromatic N) is 3. The molecule has 3 heterocycles. The summed E-state index contributed by atoms with van der Waals surface area (Å²) in [5, 5.41) is 5.44. The number of aryl methyl sites for hydroxylation is 2. The summed E-state index contributed by atoms with van der Waals surface area (Å²) in [6, 6.07) is 7.36. The number of hydrogen-bond donors (Lipinski definition) is 0. The van der Waals surface area contributed by atoms with Crippen LogP contribution in [0.1, 0.15) is 27.6 Å². The first-order valence-electron chi connectivity index (χ1n) is 8.64. The Morgan fingerprint density at radius 1 is 1.19 bits per heavy atom. The lowest BCUT2D eigenvalue weighted by Crippen LogP contribution is -2.48. The molecule has 0 radical (unpaired) electrons. The molecule has 0 atom stereocenters. The van der Waals surface area contributed by atoms with Gasteiger partial charge in [0.05, 0.1) is 12.2 Å². The molecule has 3 aromatic rings. The molecule has 0 spiro atoms. The fraction of sp³-hybridized carbons (Fsp3) is 0.368. The molecule has 1 aliphatic heterocycles. The maximum Gasteiger partial charge on any atom is 0.289 e. The molecule has 26 heavy (non-hydrogen) atoms. The number of rotatable bonds is 3. The van der Waals surface area contributed by atoms with Crippen molar-refractivity contribution in [3.05, 3.63) is 52.1 Å². The minimum atomic E-state index is -0.0648. The monoisotopic (exact) mass is 373 g/mol. The Morgan fingerprint density at radius 2 is 1.96 bits per heavy atom. The first kappa shape index (κ1) is 17.1. The zero-order valence-electron chi connectivity index (χ0n) is 14.8. The van der Waals surface area contributed by atoms with E-state index in [1.54, 1.807) is 12.1 Å². The van der Waals surface area contributed by atoms with Crippen molar-refractivity contribution in [1.82, 2.24) is 15.0 Å². The number of furan rings is 1. The average Bonchev–Trinajstić information content (AvgIpc) is 3.18. The summed E-state index contributed by atoms with van der Waals surface area (Å²) >= 11 is 6.06. The fourth-order valence-electron chi connectivity index (χ4n) is 3.36. The molecular formula is C19H20ClN3O3. The second-order valence-corrected chi connectivity index (χ2v) is 7.14. The second kappa shape index (κ2) is 6.78. The lowest BCUT2D eigenvalue weighted by atomic mass is 10.1. The highest BCUT2D eigenvalue weighted by molar-refractivity contribution is 6.31. The summed E-state index contributed by atoms with van der Waals surface area (Å²) in [6.07, 6.45) is 0. The van der Waals surface area contributed by atoms with Crippen LogP contribution in [0.25, 0.3) is 11.0 Å². The van der Waals surface area contributed by atoms with E-state index in [9.17, 15) is 4.79 Å². The van der Waals surface area contributed by atoms with Gasteiger partial charge >= 0.3 is 0 Å². The van der Waals surface area contributed by atoms with Crippen molar-refractivity contribution < 1.29 is 13.7 Å². The van der Waals surface area contributed by atoms with E-state index in [0.29, 0.717) is 36.0 Å². The zero-order chi connectivity index (χ0) is 18.3. The molecule has 136 valence electrons. The van der Waals surface area contributed by atoms with E-state index in [0.717, 1.165) is 35.5 Å². The third kappa shape index (κ3) is 3.22. The summed E-state index contributed by atoms with van der Waals surface area (Å²) in [4.78, 5) is 17.0. The number of amides is 1. The van der Waals surface area contributed by atoms with Crippen LogP contribution in [-0.2, 0) is 6.54 Å². The Labute approximate surface area is 156 Å². The number of halogens is 1. The molecule has 0 N–H and O–H groups in total. The van der Waals surface area contributed by atoms with Crippen LogP contribution in [0, 0.1) is 13.8 Å². The molecule has 0 unspecified atom stereocenters. The average molecular weight is 374 g/mol. The largest absolute Gasteiger partial charge is 0.451 e. The number of carbonyl (C=O) groups excluding carboxylic acids is 1. The molecule has 1 aliphatic rings. The number of piperazine rings is 1. The van der Waals surface area contributed by atoms with Crippen LogP contribution in [0.2, 0.25) is 5.02 Å². The normalized spacial score (nSPS) is 15.7. The summed E-state index contributed by atoms with van der Waals surface area (Å²) in [7, 11) is 0. The molecule has 0 saturated carbocycles. The first-order valence-corrected chi connectivity index (χ1v) is 9.01. The number of benzene rings is 1. The SMILES string of the molecule is Cc1cc(CN2CCN(C(=O)c3oc4ccc(Cl)cc4c3C)CC2)on1. The summed E-state index contributed by atoms with van der Waals surface area (Å²) in [5.41, 5.74) is 2.41. The van der Waals surface area contributed by atoms with Crippen molar-refractivity contribution in [2.45, 2.75) is 20.4 Å². The van der Waals surface area contributed by atoms with E-state index in [-0.39, 0.29) is 5.91 Å². The number of hydrogen-bond acceptors (Lipinski definition) is 5. The molecule has 2 aromatic heterocycles. The van der Waals surface area contributed by atoms with Gasteiger partial charge in [-0.3, -0.25) is 9.69 Å². The van der Waals surface area contributed by atoms with Crippen molar-refractivity contribution >= 4 is 28.5 Å². The summed E-state index contributed by atoms with van der Waals surface area (Å²) in [5.74, 6) is 1.19. The lowest BCUT2D eigenvalue weighted by molar-refractivity contribution is 0.0588. The number of fused-ring (bicyclic) bond motifs is 1. The molecule has 6 nitrogen and oxygen atoms in total. The van der Waals surface area contributed by atoms with E-state index in [1.807, 2.05) is 30.9 Å². The third-order valence-corrected chi connectivity index (χ3v) is 5.04. The molecule has 7 heteroatoms. The molecule has 0 aliphatic carbocycles. The van der Waals surface area contributed by atoms with Crippen LogP contribution < -0.4 is 0 Å². The van der Waals surface area contributed by atoms with Gasteiger partial charge in [0.15, 0.2) is 11.5 Å². The topological polar surface area (TPSA) is 62.7 Å². The van der Waals surface area contributed by atoms with Gasteiger partial charge in [-0.1, -0.05) is 16.8 Å². The molecule has 0 bridgehead atoms. The standard InChI is InChI=1S/C19H20ClN3O3/c1-12-9-15(26-21-12)11-22-5-7-23(8-6-22)19(24)18-13(2)16-10-14(20)3-4-17(16)25-18/h3-4,9-10H,5-8,11H2,1-2H3. The lowest BCUT2D eigenvalue weighted by Gasteiger charge is -2.33. The maximum absolute atomic E-state index is 12.9. The highest BCUT2D eigenvalue weighted by Gasteiger charge is 2.27. The number of aromatic nitrogens is 1. The molecular weight excluding hydrogens is 354 g/mol. The van der Waals surface area contributed by atoms with Crippen molar-refractivity contribution in [2.24, 2.45) is 0 Å². The first-order chi connectivity index (χ1) is 12.5. The van der Waals surface area contributed by atoms with Gasteiger partial charge < -0.3 is 13.8 Å². The third-order valence-electron chi connectivity index (χ3n) is 4.81. The van der Waals surface area contributed by atoms with Gasteiger partial charge in [0.25, 0.3) is 5.91 Å². The van der Waals surface area contributed by atoms with E-state index in [2.05, 4.69) is 10.1 Å². The van der Waals surface area contributed by atoms with E-state index in [4.69, 9.17) is 20.5 Å². The molecule has 1 fully saturated rings. The van der Waals surface area contributed by atoms with Crippen LogP contribution in [0.15, 0.2) is 33.2 Å². The van der Waals surface area contributed by atoms with Gasteiger partial charge in [-0.25, -0.2) is 0 Å². The molecule has 1 amide bonds. The van der Waals surface area contributed by atoms with Gasteiger partial charge in [0, 0.05) is 48.2 Å². The number of carbonyl (C=O) groups is 1. The molecule has 4 rings (SSSR count). The zero-order valence-corrected chi connectivity index (χ0v) is 15.5. The Kier molecular flexibility index (Phi) is 4.46. The minimum Gasteiger partial charge on any atom is -0.451 e. The Bertz CT molecular complexity index is 954. The van der Waals surface area contributed by atoms with Gasteiger partial charge in [-0.15, -0.1) is 0 Å². The highest BCUT2D eigenvalue weighted by atomic mass is 35.5. The van der Waals surface area contributed by atoms with Crippen LogP contribution in [0.4, 0.5) is 0 Å². The predicted octanol–water partition coefficient (Wildman–Crippen LogP) is 3.65. The summed E-state index contributed by atoms with van der Waals surface area (Å²) < 4.78 is 11.1.